The van der Waals surface area contributed by atoms with Gasteiger partial charge in [0, 0.05) is 26.2 Å². The third kappa shape index (κ3) is 2.11. The van der Waals surface area contributed by atoms with Crippen molar-refractivity contribution in [2.24, 2.45) is 0 Å². The molecule has 0 aromatic heterocycles. The number of piperazine rings is 1. The summed E-state index contributed by atoms with van der Waals surface area (Å²) >= 11 is 0. The standard InChI is InChI=1S/C10H16N4O/c11-6-8-2-1-5-14(8)10(15)9-7-12-3-4-13-9/h8-9,12-13H,1-5,7H2. The lowest BCUT2D eigenvalue weighted by Gasteiger charge is -2.29. The Morgan fingerprint density at radius 2 is 2.33 bits per heavy atom. The average molecular weight is 208 g/mol. The maximum absolute atomic E-state index is 12.0. The SMILES string of the molecule is N#CC1CCCN1C(=O)C1CNCCN1. The van der Waals surface area contributed by atoms with Gasteiger partial charge in [-0.2, -0.15) is 5.26 Å². The molecule has 2 N–H and O–H groups in total. The molecule has 0 aromatic rings. The zero-order valence-electron chi connectivity index (χ0n) is 8.70. The van der Waals surface area contributed by atoms with E-state index in [0.717, 1.165) is 32.5 Å². The highest BCUT2D eigenvalue weighted by atomic mass is 16.2. The highest BCUT2D eigenvalue weighted by Crippen LogP contribution is 2.17. The van der Waals surface area contributed by atoms with Crippen molar-refractivity contribution in [2.45, 2.75) is 24.9 Å². The first kappa shape index (κ1) is 10.4. The number of carbonyl (C=O) groups is 1. The summed E-state index contributed by atoms with van der Waals surface area (Å²) in [7, 11) is 0. The van der Waals surface area contributed by atoms with E-state index in [-0.39, 0.29) is 18.0 Å². The Morgan fingerprint density at radius 3 is 3.00 bits per heavy atom. The van der Waals surface area contributed by atoms with E-state index in [9.17, 15) is 4.79 Å². The van der Waals surface area contributed by atoms with Crippen LogP contribution < -0.4 is 10.6 Å². The Morgan fingerprint density at radius 1 is 1.47 bits per heavy atom. The fraction of sp³-hybridized carbons (Fsp3) is 0.800. The number of hydrogen-bond donors (Lipinski definition) is 2. The van der Waals surface area contributed by atoms with Crippen molar-refractivity contribution >= 4 is 5.91 Å². The Bertz CT molecular complexity index is 280. The van der Waals surface area contributed by atoms with Crippen LogP contribution in [0.4, 0.5) is 0 Å². The molecule has 2 saturated heterocycles. The maximum Gasteiger partial charge on any atom is 0.242 e. The molecule has 5 heteroatoms. The number of nitriles is 1. The maximum atomic E-state index is 12.0. The molecule has 82 valence electrons. The number of nitrogens with one attached hydrogen (secondary N) is 2. The van der Waals surface area contributed by atoms with E-state index in [2.05, 4.69) is 16.7 Å². The van der Waals surface area contributed by atoms with Gasteiger partial charge in [-0.25, -0.2) is 0 Å². The number of hydrogen-bond acceptors (Lipinski definition) is 4. The minimum Gasteiger partial charge on any atom is -0.325 e. The first-order valence-corrected chi connectivity index (χ1v) is 5.47. The van der Waals surface area contributed by atoms with Gasteiger partial charge in [0.2, 0.25) is 5.91 Å². The molecule has 0 saturated carbocycles. The topological polar surface area (TPSA) is 68.2 Å². The molecule has 2 fully saturated rings. The van der Waals surface area contributed by atoms with E-state index in [1.807, 2.05) is 0 Å². The van der Waals surface area contributed by atoms with Crippen molar-refractivity contribution in [3.8, 4) is 6.07 Å². The summed E-state index contributed by atoms with van der Waals surface area (Å²) in [6.45, 7) is 3.13. The van der Waals surface area contributed by atoms with Crippen molar-refractivity contribution < 1.29 is 4.79 Å². The summed E-state index contributed by atoms with van der Waals surface area (Å²) in [6, 6.07) is 1.84. The first-order chi connectivity index (χ1) is 7.33. The molecule has 15 heavy (non-hydrogen) atoms. The lowest BCUT2D eigenvalue weighted by Crippen LogP contribution is -2.57. The molecule has 0 aliphatic carbocycles. The van der Waals surface area contributed by atoms with Gasteiger partial charge in [0.05, 0.1) is 12.1 Å². The Balaban J connectivity index is 1.97. The van der Waals surface area contributed by atoms with Gasteiger partial charge >= 0.3 is 0 Å². The molecule has 2 atom stereocenters. The van der Waals surface area contributed by atoms with E-state index in [4.69, 9.17) is 5.26 Å². The lowest BCUT2D eigenvalue weighted by molar-refractivity contribution is -0.133. The molecule has 0 bridgehead atoms. The molecule has 2 aliphatic rings. The summed E-state index contributed by atoms with van der Waals surface area (Å²) < 4.78 is 0. The summed E-state index contributed by atoms with van der Waals surface area (Å²) in [4.78, 5) is 13.8. The monoisotopic (exact) mass is 208 g/mol. The van der Waals surface area contributed by atoms with Crippen molar-refractivity contribution in [3.63, 3.8) is 0 Å². The molecule has 2 aliphatic heterocycles. The minimum absolute atomic E-state index is 0.0752. The van der Waals surface area contributed by atoms with Crippen molar-refractivity contribution in [1.82, 2.24) is 15.5 Å². The fourth-order valence-corrected chi connectivity index (χ4v) is 2.19. The minimum atomic E-state index is -0.207. The van der Waals surface area contributed by atoms with Gasteiger partial charge in [-0.3, -0.25) is 4.79 Å². The van der Waals surface area contributed by atoms with E-state index < -0.39 is 0 Å². The fourth-order valence-electron chi connectivity index (χ4n) is 2.19. The van der Waals surface area contributed by atoms with Gasteiger partial charge in [-0.1, -0.05) is 0 Å². The molecule has 0 aromatic carbocycles. The van der Waals surface area contributed by atoms with Crippen molar-refractivity contribution in [3.05, 3.63) is 0 Å². The zero-order chi connectivity index (χ0) is 10.7. The van der Waals surface area contributed by atoms with E-state index in [1.54, 1.807) is 4.90 Å². The number of amides is 1. The number of nitrogens with zero attached hydrogens (tertiary/aromatic N) is 2. The van der Waals surface area contributed by atoms with Crippen molar-refractivity contribution in [1.29, 1.82) is 5.26 Å². The smallest absolute Gasteiger partial charge is 0.242 e. The average Bonchev–Trinajstić information content (AvgIpc) is 2.77. The first-order valence-electron chi connectivity index (χ1n) is 5.47. The molecule has 0 spiro atoms. The largest absolute Gasteiger partial charge is 0.325 e. The van der Waals surface area contributed by atoms with Gasteiger partial charge in [0.15, 0.2) is 0 Å². The van der Waals surface area contributed by atoms with Crippen LogP contribution >= 0.6 is 0 Å². The normalized spacial score (nSPS) is 31.3. The van der Waals surface area contributed by atoms with Crippen LogP contribution in [0.2, 0.25) is 0 Å². The third-order valence-electron chi connectivity index (χ3n) is 3.02. The summed E-state index contributed by atoms with van der Waals surface area (Å²) in [5.41, 5.74) is 0. The molecule has 2 rings (SSSR count). The Hall–Kier alpha value is -1.12. The summed E-state index contributed by atoms with van der Waals surface area (Å²) in [5, 5.41) is 15.3. The molecule has 2 heterocycles. The summed E-state index contributed by atoms with van der Waals surface area (Å²) in [5.74, 6) is 0.0752. The second-order valence-corrected chi connectivity index (χ2v) is 4.03. The second kappa shape index (κ2) is 4.60. The van der Waals surface area contributed by atoms with Crippen molar-refractivity contribution in [2.75, 3.05) is 26.2 Å². The molecule has 1 amide bonds. The quantitative estimate of drug-likeness (QED) is 0.584. The van der Waals surface area contributed by atoms with Crippen LogP contribution in [-0.2, 0) is 4.79 Å². The van der Waals surface area contributed by atoms with E-state index in [0.29, 0.717) is 6.54 Å². The van der Waals surface area contributed by atoms with Crippen LogP contribution in [0.3, 0.4) is 0 Å². The van der Waals surface area contributed by atoms with Gasteiger partial charge in [-0.15, -0.1) is 0 Å². The number of carbonyl (C=O) groups excluding carboxylic acids is 1. The van der Waals surface area contributed by atoms with Crippen LogP contribution in [0, 0.1) is 11.3 Å². The van der Waals surface area contributed by atoms with Crippen LogP contribution in [0.15, 0.2) is 0 Å². The summed E-state index contributed by atoms with van der Waals surface area (Å²) in [6.07, 6.45) is 1.77. The molecule has 5 nitrogen and oxygen atoms in total. The van der Waals surface area contributed by atoms with Crippen LogP contribution in [-0.4, -0.2) is 49.1 Å². The van der Waals surface area contributed by atoms with E-state index >= 15 is 0 Å². The van der Waals surface area contributed by atoms with Gasteiger partial charge in [0.25, 0.3) is 0 Å². The van der Waals surface area contributed by atoms with Crippen LogP contribution in [0.25, 0.3) is 0 Å². The predicted octanol–water partition coefficient (Wildman–Crippen LogP) is -0.938. The Kier molecular flexibility index (Phi) is 3.19. The third-order valence-corrected chi connectivity index (χ3v) is 3.02. The molecular weight excluding hydrogens is 192 g/mol. The molecular formula is C10H16N4O. The highest BCUT2D eigenvalue weighted by Gasteiger charge is 2.33. The highest BCUT2D eigenvalue weighted by molar-refractivity contribution is 5.83. The Labute approximate surface area is 89.4 Å². The van der Waals surface area contributed by atoms with Crippen LogP contribution in [0.1, 0.15) is 12.8 Å². The number of likely N-dealkylation sites (tertiary alicyclic amines) is 1. The zero-order valence-corrected chi connectivity index (χ0v) is 8.70. The van der Waals surface area contributed by atoms with Gasteiger partial charge in [-0.05, 0) is 12.8 Å². The molecule has 2 unspecified atom stereocenters. The predicted molar refractivity (Wildman–Crippen MR) is 55.0 cm³/mol. The lowest BCUT2D eigenvalue weighted by atomic mass is 10.2. The van der Waals surface area contributed by atoms with E-state index in [1.165, 1.54) is 0 Å². The number of rotatable bonds is 1. The van der Waals surface area contributed by atoms with Gasteiger partial charge in [0.1, 0.15) is 6.04 Å². The molecule has 0 radical (unpaired) electrons. The van der Waals surface area contributed by atoms with Gasteiger partial charge < -0.3 is 15.5 Å². The second-order valence-electron chi connectivity index (χ2n) is 4.03. The van der Waals surface area contributed by atoms with Crippen LogP contribution in [0.5, 0.6) is 0 Å².